The molecular weight excluding hydrogens is 436 g/mol. The highest BCUT2D eigenvalue weighted by Crippen LogP contribution is 2.25. The number of aromatic nitrogens is 3. The van der Waals surface area contributed by atoms with Gasteiger partial charge in [0.15, 0.2) is 0 Å². The second kappa shape index (κ2) is 10.2. The van der Waals surface area contributed by atoms with E-state index in [2.05, 4.69) is 15.4 Å². The van der Waals surface area contributed by atoms with Crippen molar-refractivity contribution in [2.75, 3.05) is 13.7 Å². The fourth-order valence-corrected chi connectivity index (χ4v) is 4.11. The predicted molar refractivity (Wildman–Crippen MR) is 129 cm³/mol. The number of hydrogen-bond acceptors (Lipinski definition) is 6. The Morgan fingerprint density at radius 2 is 1.76 bits per heavy atom. The third kappa shape index (κ3) is 5.72. The second-order valence-electron chi connectivity index (χ2n) is 7.55. The van der Waals surface area contributed by atoms with Crippen LogP contribution in [0.4, 0.5) is 0 Å². The molecule has 2 aromatic carbocycles. The summed E-state index contributed by atoms with van der Waals surface area (Å²) < 4.78 is 6.38. The standard InChI is InChI=1S/C25H24N4O3S/c1-17-3-5-18(6-4-17)22-11-12-24(31)29(28-22)15-23(30)26-14-13-20-16-33-25(27-20)19-7-9-21(32-2)10-8-19/h3-12,16H,13-15H2,1-2H3,(H,26,30). The lowest BCUT2D eigenvalue weighted by Gasteiger charge is -2.08. The molecule has 4 aromatic rings. The molecule has 2 heterocycles. The van der Waals surface area contributed by atoms with Gasteiger partial charge in [0, 0.05) is 35.5 Å². The minimum absolute atomic E-state index is 0.132. The molecule has 0 saturated heterocycles. The Morgan fingerprint density at radius 3 is 2.48 bits per heavy atom. The van der Waals surface area contributed by atoms with Gasteiger partial charge in [0.25, 0.3) is 5.56 Å². The molecule has 0 bridgehead atoms. The number of carbonyl (C=O) groups is 1. The monoisotopic (exact) mass is 460 g/mol. The Kier molecular flexibility index (Phi) is 6.95. The van der Waals surface area contributed by atoms with Gasteiger partial charge in [-0.3, -0.25) is 9.59 Å². The molecule has 0 atom stereocenters. The maximum atomic E-state index is 12.4. The number of thiazole rings is 1. The minimum atomic E-state index is -0.315. The fraction of sp³-hybridized carbons (Fsp3) is 0.200. The summed E-state index contributed by atoms with van der Waals surface area (Å²) in [7, 11) is 1.64. The Bertz CT molecular complexity index is 1290. The molecule has 168 valence electrons. The molecule has 1 amide bonds. The number of amides is 1. The normalized spacial score (nSPS) is 10.7. The first-order valence-electron chi connectivity index (χ1n) is 10.5. The van der Waals surface area contributed by atoms with Crippen molar-refractivity contribution >= 4 is 17.2 Å². The Balaban J connectivity index is 1.32. The third-order valence-electron chi connectivity index (χ3n) is 5.10. The first-order chi connectivity index (χ1) is 16.0. The lowest BCUT2D eigenvalue weighted by Crippen LogP contribution is -2.34. The van der Waals surface area contributed by atoms with Gasteiger partial charge >= 0.3 is 0 Å². The number of hydrogen-bond donors (Lipinski definition) is 1. The maximum Gasteiger partial charge on any atom is 0.267 e. The summed E-state index contributed by atoms with van der Waals surface area (Å²) in [5.74, 6) is 0.535. The maximum absolute atomic E-state index is 12.4. The summed E-state index contributed by atoms with van der Waals surface area (Å²) in [6.07, 6.45) is 0.601. The lowest BCUT2D eigenvalue weighted by atomic mass is 10.1. The van der Waals surface area contributed by atoms with Crippen LogP contribution in [-0.2, 0) is 17.8 Å². The summed E-state index contributed by atoms with van der Waals surface area (Å²) in [6.45, 7) is 2.30. The number of aryl methyl sites for hydroxylation is 1. The van der Waals surface area contributed by atoms with Crippen molar-refractivity contribution in [3.05, 3.63) is 87.7 Å². The van der Waals surface area contributed by atoms with Gasteiger partial charge in [-0.1, -0.05) is 29.8 Å². The average Bonchev–Trinajstić information content (AvgIpc) is 3.30. The molecule has 0 aliphatic carbocycles. The summed E-state index contributed by atoms with van der Waals surface area (Å²) in [6, 6.07) is 18.7. The number of rotatable bonds is 8. The van der Waals surface area contributed by atoms with Crippen LogP contribution in [-0.4, -0.2) is 34.3 Å². The van der Waals surface area contributed by atoms with Crippen molar-refractivity contribution < 1.29 is 9.53 Å². The van der Waals surface area contributed by atoms with Gasteiger partial charge in [0.2, 0.25) is 5.91 Å². The largest absolute Gasteiger partial charge is 0.497 e. The lowest BCUT2D eigenvalue weighted by molar-refractivity contribution is -0.121. The van der Waals surface area contributed by atoms with Gasteiger partial charge in [-0.05, 0) is 37.3 Å². The number of carbonyl (C=O) groups excluding carboxylic acids is 1. The highest BCUT2D eigenvalue weighted by Gasteiger charge is 2.09. The number of nitrogens with one attached hydrogen (secondary N) is 1. The highest BCUT2D eigenvalue weighted by molar-refractivity contribution is 7.13. The van der Waals surface area contributed by atoms with Crippen molar-refractivity contribution in [2.24, 2.45) is 0 Å². The summed E-state index contributed by atoms with van der Waals surface area (Å²) in [4.78, 5) is 29.2. The number of ether oxygens (including phenoxy) is 1. The Morgan fingerprint density at radius 1 is 1.03 bits per heavy atom. The molecule has 7 nitrogen and oxygen atoms in total. The van der Waals surface area contributed by atoms with E-state index in [0.29, 0.717) is 18.7 Å². The summed E-state index contributed by atoms with van der Waals surface area (Å²) in [5, 5.41) is 10.1. The second-order valence-corrected chi connectivity index (χ2v) is 8.41. The number of benzene rings is 2. The van der Waals surface area contributed by atoms with Crippen molar-refractivity contribution in [1.29, 1.82) is 0 Å². The average molecular weight is 461 g/mol. The topological polar surface area (TPSA) is 86.1 Å². The molecule has 0 spiro atoms. The van der Waals surface area contributed by atoms with Gasteiger partial charge in [-0.15, -0.1) is 11.3 Å². The molecule has 0 aliphatic rings. The molecule has 4 rings (SSSR count). The molecule has 0 radical (unpaired) electrons. The molecule has 2 aromatic heterocycles. The quantitative estimate of drug-likeness (QED) is 0.433. The van der Waals surface area contributed by atoms with Gasteiger partial charge < -0.3 is 10.1 Å². The summed E-state index contributed by atoms with van der Waals surface area (Å²) in [5.41, 5.74) is 4.30. The molecule has 0 fully saturated rings. The molecule has 1 N–H and O–H groups in total. The molecule has 33 heavy (non-hydrogen) atoms. The smallest absolute Gasteiger partial charge is 0.267 e. The van der Waals surface area contributed by atoms with E-state index < -0.39 is 0 Å². The van der Waals surface area contributed by atoms with Crippen molar-refractivity contribution in [2.45, 2.75) is 19.9 Å². The fourth-order valence-electron chi connectivity index (χ4n) is 3.25. The molecular formula is C25H24N4O3S. The Hall–Kier alpha value is -3.78. The molecule has 8 heteroatoms. The SMILES string of the molecule is COc1ccc(-c2nc(CCNC(=O)Cn3nc(-c4ccc(C)cc4)ccc3=O)cs2)cc1. The van der Waals surface area contributed by atoms with Crippen LogP contribution in [0.3, 0.4) is 0 Å². The predicted octanol–water partition coefficient (Wildman–Crippen LogP) is 3.71. The zero-order valence-electron chi connectivity index (χ0n) is 18.4. The van der Waals surface area contributed by atoms with Crippen LogP contribution < -0.4 is 15.6 Å². The van der Waals surface area contributed by atoms with E-state index in [0.717, 1.165) is 33.1 Å². The minimum Gasteiger partial charge on any atom is -0.497 e. The molecule has 0 saturated carbocycles. The molecule has 0 unspecified atom stereocenters. The van der Waals surface area contributed by atoms with Crippen molar-refractivity contribution in [3.63, 3.8) is 0 Å². The van der Waals surface area contributed by atoms with E-state index >= 15 is 0 Å². The van der Waals surface area contributed by atoms with Gasteiger partial charge in [0.1, 0.15) is 17.3 Å². The van der Waals surface area contributed by atoms with E-state index in [4.69, 9.17) is 4.74 Å². The zero-order chi connectivity index (χ0) is 23.2. The van der Waals surface area contributed by atoms with Crippen molar-refractivity contribution in [1.82, 2.24) is 20.1 Å². The third-order valence-corrected chi connectivity index (χ3v) is 6.04. The first kappa shape index (κ1) is 22.4. The molecule has 0 aliphatic heterocycles. The zero-order valence-corrected chi connectivity index (χ0v) is 19.3. The van der Waals surface area contributed by atoms with Gasteiger partial charge in [0.05, 0.1) is 18.5 Å². The summed E-state index contributed by atoms with van der Waals surface area (Å²) >= 11 is 1.56. The van der Waals surface area contributed by atoms with Crippen LogP contribution >= 0.6 is 11.3 Å². The van der Waals surface area contributed by atoms with Crippen LogP contribution in [0.25, 0.3) is 21.8 Å². The van der Waals surface area contributed by atoms with Crippen LogP contribution in [0, 0.1) is 6.92 Å². The van der Waals surface area contributed by atoms with Crippen LogP contribution in [0.1, 0.15) is 11.3 Å². The van der Waals surface area contributed by atoms with Crippen LogP contribution in [0.2, 0.25) is 0 Å². The van der Waals surface area contributed by atoms with E-state index in [9.17, 15) is 9.59 Å². The van der Waals surface area contributed by atoms with E-state index in [-0.39, 0.29) is 18.0 Å². The Labute approximate surface area is 195 Å². The number of methoxy groups -OCH3 is 1. The van der Waals surface area contributed by atoms with E-state index in [1.807, 2.05) is 60.8 Å². The van der Waals surface area contributed by atoms with Crippen LogP contribution in [0.15, 0.2) is 70.8 Å². The van der Waals surface area contributed by atoms with Gasteiger partial charge in [-0.25, -0.2) is 9.67 Å². The highest BCUT2D eigenvalue weighted by atomic mass is 32.1. The van der Waals surface area contributed by atoms with E-state index in [1.165, 1.54) is 10.7 Å². The van der Waals surface area contributed by atoms with E-state index in [1.54, 1.807) is 24.5 Å². The number of nitrogens with zero attached hydrogens (tertiary/aromatic N) is 3. The van der Waals surface area contributed by atoms with Crippen LogP contribution in [0.5, 0.6) is 5.75 Å². The first-order valence-corrected chi connectivity index (χ1v) is 11.4. The van der Waals surface area contributed by atoms with Gasteiger partial charge in [-0.2, -0.15) is 5.10 Å². The van der Waals surface area contributed by atoms with Crippen molar-refractivity contribution in [3.8, 4) is 27.6 Å².